The molecule has 0 spiro atoms. The highest BCUT2D eigenvalue weighted by atomic mass is 32.1. The summed E-state index contributed by atoms with van der Waals surface area (Å²) in [6.45, 7) is 4.32. The number of hydrogen-bond donors (Lipinski definition) is 1. The third-order valence-corrected chi connectivity index (χ3v) is 4.67. The van der Waals surface area contributed by atoms with Gasteiger partial charge in [0.15, 0.2) is 0 Å². The summed E-state index contributed by atoms with van der Waals surface area (Å²) in [6, 6.07) is 15.7. The van der Waals surface area contributed by atoms with Crippen LogP contribution in [0, 0.1) is 13.8 Å². The highest BCUT2D eigenvalue weighted by Gasteiger charge is 2.16. The second-order valence-corrected chi connectivity index (χ2v) is 6.24. The van der Waals surface area contributed by atoms with E-state index in [4.69, 9.17) is 0 Å². The van der Waals surface area contributed by atoms with E-state index in [0.717, 1.165) is 0 Å². The average Bonchev–Trinajstić information content (AvgIpc) is 2.83. The first-order chi connectivity index (χ1) is 9.69. The van der Waals surface area contributed by atoms with Crippen LogP contribution in [0.4, 0.5) is 0 Å². The van der Waals surface area contributed by atoms with Gasteiger partial charge in [-0.05, 0) is 48.9 Å². The lowest BCUT2D eigenvalue weighted by Gasteiger charge is -2.18. The predicted octanol–water partition coefficient (Wildman–Crippen LogP) is 4.83. The van der Waals surface area contributed by atoms with Gasteiger partial charge in [0, 0.05) is 4.70 Å². The number of aryl methyl sites for hydroxylation is 2. The Morgan fingerprint density at radius 3 is 2.40 bits per heavy atom. The van der Waals surface area contributed by atoms with Crippen LogP contribution in [0.25, 0.3) is 10.1 Å². The number of rotatable bonds is 3. The zero-order valence-electron chi connectivity index (χ0n) is 12.1. The molecule has 0 amide bonds. The summed E-state index contributed by atoms with van der Waals surface area (Å²) in [5.74, 6) is 0. The maximum Gasteiger partial charge on any atom is 0.0588 e. The third-order valence-electron chi connectivity index (χ3n) is 3.69. The lowest BCUT2D eigenvalue weighted by molar-refractivity contribution is 0.697. The first kappa shape index (κ1) is 13.3. The van der Waals surface area contributed by atoms with Crippen LogP contribution in [-0.2, 0) is 0 Å². The van der Waals surface area contributed by atoms with Gasteiger partial charge in [0.05, 0.1) is 6.04 Å². The molecule has 3 rings (SSSR count). The van der Waals surface area contributed by atoms with Crippen molar-refractivity contribution in [2.75, 3.05) is 7.05 Å². The highest BCUT2D eigenvalue weighted by molar-refractivity contribution is 7.17. The molecule has 3 aromatic rings. The van der Waals surface area contributed by atoms with E-state index in [1.165, 1.54) is 32.3 Å². The molecule has 0 aliphatic rings. The molecule has 1 atom stereocenters. The maximum absolute atomic E-state index is 3.47. The highest BCUT2D eigenvalue weighted by Crippen LogP contribution is 2.33. The van der Waals surface area contributed by atoms with Gasteiger partial charge >= 0.3 is 0 Å². The molecule has 20 heavy (non-hydrogen) atoms. The van der Waals surface area contributed by atoms with Crippen LogP contribution in [0.3, 0.4) is 0 Å². The first-order valence-corrected chi connectivity index (χ1v) is 7.78. The van der Waals surface area contributed by atoms with E-state index in [1.54, 1.807) is 0 Å². The molecule has 0 saturated heterocycles. The second-order valence-electron chi connectivity index (χ2n) is 5.33. The van der Waals surface area contributed by atoms with E-state index in [9.17, 15) is 0 Å². The van der Waals surface area contributed by atoms with Crippen molar-refractivity contribution in [2.45, 2.75) is 19.9 Å². The van der Waals surface area contributed by atoms with Gasteiger partial charge in [-0.25, -0.2) is 0 Å². The molecule has 102 valence electrons. The molecule has 1 aromatic heterocycles. The van der Waals surface area contributed by atoms with Crippen molar-refractivity contribution in [3.8, 4) is 0 Å². The summed E-state index contributed by atoms with van der Waals surface area (Å²) in [5, 5.41) is 7.11. The molecule has 0 aliphatic carbocycles. The molecular weight excluding hydrogens is 262 g/mol. The topological polar surface area (TPSA) is 12.0 Å². The molecule has 1 heterocycles. The quantitative estimate of drug-likeness (QED) is 0.725. The van der Waals surface area contributed by atoms with Gasteiger partial charge in [0.2, 0.25) is 0 Å². The Labute approximate surface area is 124 Å². The van der Waals surface area contributed by atoms with E-state index >= 15 is 0 Å². The standard InChI is InChI=1S/C18H19NS/c1-12-8-13(2)10-14(9-12)18(19-3)16-11-20-17-7-5-4-6-15(16)17/h4-11,18-19H,1-3H3. The molecule has 1 N–H and O–H groups in total. The van der Waals surface area contributed by atoms with Crippen molar-refractivity contribution in [3.63, 3.8) is 0 Å². The minimum absolute atomic E-state index is 0.254. The van der Waals surface area contributed by atoms with E-state index in [-0.39, 0.29) is 6.04 Å². The number of thiophene rings is 1. The van der Waals surface area contributed by atoms with E-state index in [0.29, 0.717) is 0 Å². The molecule has 0 bridgehead atoms. The fraction of sp³-hybridized carbons (Fsp3) is 0.222. The SMILES string of the molecule is CNC(c1cc(C)cc(C)c1)c1csc2ccccc12. The molecule has 0 saturated carbocycles. The van der Waals surface area contributed by atoms with E-state index in [2.05, 4.69) is 67.0 Å². The smallest absolute Gasteiger partial charge is 0.0588 e. The van der Waals surface area contributed by atoms with Crippen molar-refractivity contribution < 1.29 is 0 Å². The number of hydrogen-bond acceptors (Lipinski definition) is 2. The fourth-order valence-electron chi connectivity index (χ4n) is 2.90. The molecule has 1 unspecified atom stereocenters. The van der Waals surface area contributed by atoms with Crippen molar-refractivity contribution in [2.24, 2.45) is 0 Å². The number of nitrogens with one attached hydrogen (secondary N) is 1. The Bertz CT molecular complexity index is 722. The normalized spacial score (nSPS) is 12.8. The van der Waals surface area contributed by atoms with Crippen LogP contribution in [0.5, 0.6) is 0 Å². The summed E-state index contributed by atoms with van der Waals surface area (Å²) in [5.41, 5.74) is 5.35. The molecule has 2 heteroatoms. The Morgan fingerprint density at radius 1 is 1.00 bits per heavy atom. The van der Waals surface area contributed by atoms with Crippen LogP contribution >= 0.6 is 11.3 Å². The van der Waals surface area contributed by atoms with Gasteiger partial charge in [-0.2, -0.15) is 0 Å². The predicted molar refractivity (Wildman–Crippen MR) is 88.6 cm³/mol. The summed E-state index contributed by atoms with van der Waals surface area (Å²) < 4.78 is 1.35. The van der Waals surface area contributed by atoms with Gasteiger partial charge in [-0.1, -0.05) is 47.5 Å². The fourth-order valence-corrected chi connectivity index (χ4v) is 3.89. The van der Waals surface area contributed by atoms with Gasteiger partial charge < -0.3 is 5.32 Å². The maximum atomic E-state index is 3.47. The molecule has 0 fully saturated rings. The Balaban J connectivity index is 2.14. The first-order valence-electron chi connectivity index (χ1n) is 6.90. The Morgan fingerprint density at radius 2 is 1.70 bits per heavy atom. The Kier molecular flexibility index (Phi) is 3.60. The summed E-state index contributed by atoms with van der Waals surface area (Å²) in [7, 11) is 2.04. The second kappa shape index (κ2) is 5.39. The number of benzene rings is 2. The monoisotopic (exact) mass is 281 g/mol. The van der Waals surface area contributed by atoms with Crippen molar-refractivity contribution in [3.05, 3.63) is 70.1 Å². The minimum atomic E-state index is 0.254. The van der Waals surface area contributed by atoms with Crippen LogP contribution < -0.4 is 5.32 Å². The molecule has 0 aliphatic heterocycles. The zero-order valence-corrected chi connectivity index (χ0v) is 12.9. The number of fused-ring (bicyclic) bond motifs is 1. The average molecular weight is 281 g/mol. The van der Waals surface area contributed by atoms with Crippen molar-refractivity contribution >= 4 is 21.4 Å². The molecule has 0 radical (unpaired) electrons. The van der Waals surface area contributed by atoms with E-state index < -0.39 is 0 Å². The van der Waals surface area contributed by atoms with Crippen LogP contribution in [0.1, 0.15) is 28.3 Å². The zero-order chi connectivity index (χ0) is 14.1. The lowest BCUT2D eigenvalue weighted by atomic mass is 9.95. The summed E-state index contributed by atoms with van der Waals surface area (Å²) >= 11 is 1.82. The lowest BCUT2D eigenvalue weighted by Crippen LogP contribution is -2.17. The van der Waals surface area contributed by atoms with Crippen LogP contribution in [0.15, 0.2) is 47.8 Å². The summed E-state index contributed by atoms with van der Waals surface area (Å²) in [6.07, 6.45) is 0. The van der Waals surface area contributed by atoms with Crippen molar-refractivity contribution in [1.29, 1.82) is 0 Å². The van der Waals surface area contributed by atoms with Crippen LogP contribution in [0.2, 0.25) is 0 Å². The van der Waals surface area contributed by atoms with Gasteiger partial charge in [0.1, 0.15) is 0 Å². The van der Waals surface area contributed by atoms with Gasteiger partial charge in [-0.3, -0.25) is 0 Å². The molecule has 1 nitrogen and oxygen atoms in total. The Hall–Kier alpha value is -1.64. The van der Waals surface area contributed by atoms with Gasteiger partial charge in [-0.15, -0.1) is 11.3 Å². The largest absolute Gasteiger partial charge is 0.309 e. The molecular formula is C18H19NS. The van der Waals surface area contributed by atoms with E-state index in [1.807, 2.05) is 18.4 Å². The van der Waals surface area contributed by atoms with Crippen molar-refractivity contribution in [1.82, 2.24) is 5.32 Å². The van der Waals surface area contributed by atoms with Crippen LogP contribution in [-0.4, -0.2) is 7.05 Å². The minimum Gasteiger partial charge on any atom is -0.309 e. The molecule has 2 aromatic carbocycles. The van der Waals surface area contributed by atoms with Gasteiger partial charge in [0.25, 0.3) is 0 Å². The third kappa shape index (κ3) is 2.37. The summed E-state index contributed by atoms with van der Waals surface area (Å²) in [4.78, 5) is 0.